The van der Waals surface area contributed by atoms with E-state index >= 15 is 0 Å². The van der Waals surface area contributed by atoms with Crippen molar-refractivity contribution < 1.29 is 4.74 Å². The lowest BCUT2D eigenvalue weighted by Crippen LogP contribution is -2.69. The van der Waals surface area contributed by atoms with E-state index in [9.17, 15) is 0 Å². The highest BCUT2D eigenvalue weighted by Crippen LogP contribution is 2.41. The summed E-state index contributed by atoms with van der Waals surface area (Å²) in [6.07, 6.45) is 7.25. The zero-order chi connectivity index (χ0) is 9.31. The summed E-state index contributed by atoms with van der Waals surface area (Å²) in [4.78, 5) is 2.34. The van der Waals surface area contributed by atoms with Crippen LogP contribution in [-0.2, 0) is 4.74 Å². The molecule has 2 aliphatic rings. The lowest BCUT2D eigenvalue weighted by Gasteiger charge is -2.57. The van der Waals surface area contributed by atoms with Crippen LogP contribution in [0.4, 0.5) is 0 Å². The van der Waals surface area contributed by atoms with Crippen LogP contribution in [0.5, 0.6) is 0 Å². The number of hydrogen-bond donors (Lipinski definition) is 0. The third-order valence-electron chi connectivity index (χ3n) is 3.26. The number of likely N-dealkylation sites (N-methyl/N-ethyl adjacent to an activating group) is 1. The van der Waals surface area contributed by atoms with E-state index in [2.05, 4.69) is 18.9 Å². The topological polar surface area (TPSA) is 12.5 Å². The molecule has 76 valence electrons. The van der Waals surface area contributed by atoms with E-state index in [1.54, 1.807) is 0 Å². The van der Waals surface area contributed by atoms with Crippen molar-refractivity contribution in [3.8, 4) is 0 Å². The Kier molecular flexibility index (Phi) is 2.61. The fourth-order valence-corrected chi connectivity index (χ4v) is 2.68. The summed E-state index contributed by atoms with van der Waals surface area (Å²) in [5.41, 5.74) is 0.311. The number of ether oxygens (including phenoxy) is 1. The van der Waals surface area contributed by atoms with Crippen molar-refractivity contribution in [2.75, 3.05) is 20.1 Å². The molecule has 2 saturated heterocycles. The predicted molar refractivity (Wildman–Crippen MR) is 53.9 cm³/mol. The minimum absolute atomic E-state index is 0.311. The molecule has 0 bridgehead atoms. The highest BCUT2D eigenvalue weighted by atomic mass is 16.5. The molecule has 0 aromatic carbocycles. The van der Waals surface area contributed by atoms with Crippen molar-refractivity contribution >= 4 is 0 Å². The molecule has 2 aliphatic heterocycles. The van der Waals surface area contributed by atoms with Crippen LogP contribution in [0.15, 0.2) is 0 Å². The zero-order valence-electron chi connectivity index (χ0n) is 8.88. The molecule has 1 atom stereocenters. The van der Waals surface area contributed by atoms with Crippen LogP contribution in [0.1, 0.15) is 39.0 Å². The van der Waals surface area contributed by atoms with E-state index in [4.69, 9.17) is 4.74 Å². The van der Waals surface area contributed by atoms with Gasteiger partial charge in [-0.15, -0.1) is 0 Å². The maximum Gasteiger partial charge on any atom is 0.0963 e. The molecule has 0 aromatic heterocycles. The Labute approximate surface area is 81.3 Å². The van der Waals surface area contributed by atoms with E-state index in [1.165, 1.54) is 32.1 Å². The van der Waals surface area contributed by atoms with Gasteiger partial charge in [-0.1, -0.05) is 26.2 Å². The molecular formula is C11H21NO. The number of likely N-dealkylation sites (tertiary alicyclic amines) is 1. The summed E-state index contributed by atoms with van der Waals surface area (Å²) < 4.78 is 5.94. The number of nitrogens with zero attached hydrogens (tertiary/aromatic N) is 1. The lowest BCUT2D eigenvalue weighted by molar-refractivity contribution is -0.262. The molecule has 1 spiro atoms. The average molecular weight is 183 g/mol. The highest BCUT2D eigenvalue weighted by molar-refractivity contribution is 5.04. The van der Waals surface area contributed by atoms with Gasteiger partial charge in [0.25, 0.3) is 0 Å². The van der Waals surface area contributed by atoms with Crippen molar-refractivity contribution in [1.82, 2.24) is 4.90 Å². The fourth-order valence-electron chi connectivity index (χ4n) is 2.68. The van der Waals surface area contributed by atoms with Crippen molar-refractivity contribution in [3.05, 3.63) is 0 Å². The van der Waals surface area contributed by atoms with Gasteiger partial charge in [-0.25, -0.2) is 0 Å². The Morgan fingerprint density at radius 2 is 2.08 bits per heavy atom. The van der Waals surface area contributed by atoms with Gasteiger partial charge >= 0.3 is 0 Å². The first kappa shape index (κ1) is 9.47. The van der Waals surface area contributed by atoms with E-state index in [-0.39, 0.29) is 0 Å². The highest BCUT2D eigenvalue weighted by Gasteiger charge is 2.52. The van der Waals surface area contributed by atoms with Crippen molar-refractivity contribution in [2.45, 2.75) is 50.7 Å². The summed E-state index contributed by atoms with van der Waals surface area (Å²) in [7, 11) is 2.17. The minimum Gasteiger partial charge on any atom is -0.369 e. The van der Waals surface area contributed by atoms with E-state index < -0.39 is 0 Å². The molecule has 2 heteroatoms. The molecule has 13 heavy (non-hydrogen) atoms. The third-order valence-corrected chi connectivity index (χ3v) is 3.26. The monoisotopic (exact) mass is 183 g/mol. The Bertz CT molecular complexity index is 167. The van der Waals surface area contributed by atoms with Crippen LogP contribution < -0.4 is 0 Å². The van der Waals surface area contributed by atoms with Crippen LogP contribution in [0.3, 0.4) is 0 Å². The maximum absolute atomic E-state index is 5.94. The number of hydrogen-bond acceptors (Lipinski definition) is 2. The maximum atomic E-state index is 5.94. The number of unbranched alkanes of at least 4 members (excludes halogenated alkanes) is 2. The summed E-state index contributed by atoms with van der Waals surface area (Å²) in [5, 5.41) is 0. The molecule has 0 saturated carbocycles. The summed E-state index contributed by atoms with van der Waals surface area (Å²) in [6, 6.07) is 0. The molecule has 2 nitrogen and oxygen atoms in total. The van der Waals surface area contributed by atoms with Crippen LogP contribution in [0.2, 0.25) is 0 Å². The van der Waals surface area contributed by atoms with Crippen LogP contribution in [0.25, 0.3) is 0 Å². The van der Waals surface area contributed by atoms with Crippen LogP contribution in [0, 0.1) is 0 Å². The summed E-state index contributed by atoms with van der Waals surface area (Å²) in [5.74, 6) is 0. The van der Waals surface area contributed by atoms with Gasteiger partial charge < -0.3 is 9.64 Å². The lowest BCUT2D eigenvalue weighted by atomic mass is 9.81. The van der Waals surface area contributed by atoms with Crippen LogP contribution >= 0.6 is 0 Å². The first-order valence-electron chi connectivity index (χ1n) is 5.60. The van der Waals surface area contributed by atoms with E-state index in [1.807, 2.05) is 0 Å². The van der Waals surface area contributed by atoms with Gasteiger partial charge in [0.2, 0.25) is 0 Å². The second-order valence-corrected chi connectivity index (χ2v) is 4.80. The second kappa shape index (κ2) is 3.58. The molecular weight excluding hydrogens is 162 g/mol. The quantitative estimate of drug-likeness (QED) is 0.618. The fraction of sp³-hybridized carbons (Fsp3) is 1.00. The van der Waals surface area contributed by atoms with Gasteiger partial charge in [0.1, 0.15) is 0 Å². The molecule has 0 aromatic rings. The van der Waals surface area contributed by atoms with E-state index in [0.29, 0.717) is 11.7 Å². The van der Waals surface area contributed by atoms with Gasteiger partial charge in [0, 0.05) is 19.5 Å². The normalized spacial score (nSPS) is 31.4. The summed E-state index contributed by atoms with van der Waals surface area (Å²) in [6.45, 7) is 4.58. The van der Waals surface area contributed by atoms with Crippen molar-refractivity contribution in [2.24, 2.45) is 0 Å². The first-order chi connectivity index (χ1) is 6.24. The largest absolute Gasteiger partial charge is 0.369 e. The van der Waals surface area contributed by atoms with Crippen LogP contribution in [-0.4, -0.2) is 36.7 Å². The molecule has 2 rings (SSSR count). The van der Waals surface area contributed by atoms with Gasteiger partial charge in [-0.2, -0.15) is 0 Å². The Morgan fingerprint density at radius 1 is 1.38 bits per heavy atom. The molecule has 0 aliphatic carbocycles. The SMILES string of the molecule is CCCCCC1CC2(CN(C)C2)O1. The number of rotatable bonds is 4. The van der Waals surface area contributed by atoms with E-state index in [0.717, 1.165) is 13.1 Å². The molecule has 0 radical (unpaired) electrons. The predicted octanol–water partition coefficient (Wildman–Crippen LogP) is 2.04. The van der Waals surface area contributed by atoms with Gasteiger partial charge in [-0.05, 0) is 13.5 Å². The summed E-state index contributed by atoms with van der Waals surface area (Å²) >= 11 is 0. The van der Waals surface area contributed by atoms with Gasteiger partial charge in [-0.3, -0.25) is 0 Å². The molecule has 2 fully saturated rings. The van der Waals surface area contributed by atoms with Gasteiger partial charge in [0.05, 0.1) is 11.7 Å². The van der Waals surface area contributed by atoms with Crippen molar-refractivity contribution in [3.63, 3.8) is 0 Å². The Balaban J connectivity index is 1.57. The molecule has 0 amide bonds. The molecule has 2 heterocycles. The first-order valence-corrected chi connectivity index (χ1v) is 5.60. The molecule has 0 N–H and O–H groups in total. The van der Waals surface area contributed by atoms with Crippen molar-refractivity contribution in [1.29, 1.82) is 0 Å². The second-order valence-electron chi connectivity index (χ2n) is 4.80. The third kappa shape index (κ3) is 1.89. The average Bonchev–Trinajstić information content (AvgIpc) is 1.97. The standard InChI is InChI=1S/C11H21NO/c1-3-4-5-6-10-7-11(13-10)8-12(2)9-11/h10H,3-9H2,1-2H3. The van der Waals surface area contributed by atoms with Gasteiger partial charge in [0.15, 0.2) is 0 Å². The Morgan fingerprint density at radius 3 is 2.62 bits per heavy atom. The molecule has 1 unspecified atom stereocenters. The zero-order valence-corrected chi connectivity index (χ0v) is 8.88. The minimum atomic E-state index is 0.311. The Hall–Kier alpha value is -0.0800. The smallest absolute Gasteiger partial charge is 0.0963 e.